The summed E-state index contributed by atoms with van der Waals surface area (Å²) < 4.78 is 1.97. The molecule has 2 heterocycles. The number of aliphatic hydroxyl groups excluding tert-OH is 1. The highest BCUT2D eigenvalue weighted by Gasteiger charge is 2.30. The number of nitrogens with zero attached hydrogens (tertiary/aromatic N) is 4. The number of aromatic nitrogens is 3. The second kappa shape index (κ2) is 4.93. The highest BCUT2D eigenvalue weighted by Crippen LogP contribution is 2.30. The molecule has 1 aliphatic rings. The molecule has 90 valence electrons. The van der Waals surface area contributed by atoms with Gasteiger partial charge in [0.25, 0.3) is 0 Å². The third-order valence-corrected chi connectivity index (χ3v) is 3.32. The SMILES string of the molecule is CCC(O)CN1CCCC1c1nncn1C. The van der Waals surface area contributed by atoms with Crippen molar-refractivity contribution < 1.29 is 5.11 Å². The van der Waals surface area contributed by atoms with E-state index < -0.39 is 0 Å². The van der Waals surface area contributed by atoms with Crippen molar-refractivity contribution in [2.75, 3.05) is 13.1 Å². The average Bonchev–Trinajstić information content (AvgIpc) is 2.86. The fraction of sp³-hybridized carbons (Fsp3) is 0.818. The molecule has 1 fully saturated rings. The third kappa shape index (κ3) is 2.25. The van der Waals surface area contributed by atoms with Gasteiger partial charge in [0.15, 0.2) is 0 Å². The Morgan fingerprint density at radius 1 is 1.62 bits per heavy atom. The first kappa shape index (κ1) is 11.5. The van der Waals surface area contributed by atoms with Gasteiger partial charge in [-0.15, -0.1) is 10.2 Å². The Morgan fingerprint density at radius 3 is 3.06 bits per heavy atom. The molecule has 0 aliphatic carbocycles. The Kier molecular flexibility index (Phi) is 3.56. The molecule has 1 N–H and O–H groups in total. The van der Waals surface area contributed by atoms with Crippen LogP contribution in [0.15, 0.2) is 6.33 Å². The van der Waals surface area contributed by atoms with Gasteiger partial charge in [-0.1, -0.05) is 6.92 Å². The summed E-state index contributed by atoms with van der Waals surface area (Å²) in [4.78, 5) is 2.32. The Morgan fingerprint density at radius 2 is 2.44 bits per heavy atom. The lowest BCUT2D eigenvalue weighted by Gasteiger charge is -2.25. The molecule has 0 saturated carbocycles. The number of rotatable bonds is 4. The van der Waals surface area contributed by atoms with Crippen molar-refractivity contribution in [1.29, 1.82) is 0 Å². The van der Waals surface area contributed by atoms with E-state index in [0.717, 1.165) is 31.8 Å². The number of hydrogen-bond donors (Lipinski definition) is 1. The summed E-state index contributed by atoms with van der Waals surface area (Å²) in [6.45, 7) is 3.81. The number of hydrogen-bond acceptors (Lipinski definition) is 4. The highest BCUT2D eigenvalue weighted by atomic mass is 16.3. The van der Waals surface area contributed by atoms with Crippen molar-refractivity contribution in [2.45, 2.75) is 38.3 Å². The van der Waals surface area contributed by atoms with Crippen LogP contribution in [0.1, 0.15) is 38.1 Å². The van der Waals surface area contributed by atoms with Crippen molar-refractivity contribution >= 4 is 0 Å². The number of aryl methyl sites for hydroxylation is 1. The molecule has 0 bridgehead atoms. The normalized spacial score (nSPS) is 23.8. The minimum absolute atomic E-state index is 0.228. The van der Waals surface area contributed by atoms with Crippen LogP contribution in [0, 0.1) is 0 Å². The zero-order valence-electron chi connectivity index (χ0n) is 10.0. The summed E-state index contributed by atoms with van der Waals surface area (Å²) in [6.07, 6.45) is 4.61. The van der Waals surface area contributed by atoms with Crippen LogP contribution in [0.3, 0.4) is 0 Å². The molecule has 0 spiro atoms. The molecule has 2 unspecified atom stereocenters. The molecule has 2 rings (SSSR count). The molecule has 2 atom stereocenters. The zero-order chi connectivity index (χ0) is 11.5. The minimum Gasteiger partial charge on any atom is -0.392 e. The van der Waals surface area contributed by atoms with Crippen molar-refractivity contribution in [2.24, 2.45) is 7.05 Å². The van der Waals surface area contributed by atoms with Gasteiger partial charge in [0, 0.05) is 13.6 Å². The van der Waals surface area contributed by atoms with Crippen LogP contribution in [-0.2, 0) is 7.05 Å². The van der Waals surface area contributed by atoms with Gasteiger partial charge >= 0.3 is 0 Å². The van der Waals surface area contributed by atoms with Crippen molar-refractivity contribution in [1.82, 2.24) is 19.7 Å². The van der Waals surface area contributed by atoms with Crippen molar-refractivity contribution in [3.8, 4) is 0 Å². The minimum atomic E-state index is -0.228. The fourth-order valence-electron chi connectivity index (χ4n) is 2.33. The molecule has 0 radical (unpaired) electrons. The molecule has 0 amide bonds. The molecule has 5 nitrogen and oxygen atoms in total. The van der Waals surface area contributed by atoms with Crippen molar-refractivity contribution in [3.05, 3.63) is 12.2 Å². The van der Waals surface area contributed by atoms with Gasteiger partial charge in [0.05, 0.1) is 12.1 Å². The van der Waals surface area contributed by atoms with Gasteiger partial charge in [-0.2, -0.15) is 0 Å². The van der Waals surface area contributed by atoms with Gasteiger partial charge in [-0.3, -0.25) is 4.90 Å². The fourth-order valence-corrected chi connectivity index (χ4v) is 2.33. The smallest absolute Gasteiger partial charge is 0.149 e. The predicted octanol–water partition coefficient (Wildman–Crippen LogP) is 0.723. The molecule has 16 heavy (non-hydrogen) atoms. The maximum atomic E-state index is 9.72. The summed E-state index contributed by atoms with van der Waals surface area (Å²) in [5, 5.41) is 17.8. The van der Waals surface area contributed by atoms with E-state index in [1.54, 1.807) is 6.33 Å². The predicted molar refractivity (Wildman–Crippen MR) is 60.8 cm³/mol. The lowest BCUT2D eigenvalue weighted by atomic mass is 10.2. The van der Waals surface area contributed by atoms with Crippen molar-refractivity contribution in [3.63, 3.8) is 0 Å². The summed E-state index contributed by atoms with van der Waals surface area (Å²) in [6, 6.07) is 0.327. The molecule has 5 heteroatoms. The van der Waals surface area contributed by atoms with Gasteiger partial charge in [-0.05, 0) is 25.8 Å². The highest BCUT2D eigenvalue weighted by molar-refractivity contribution is 4.98. The maximum absolute atomic E-state index is 9.72. The first-order valence-corrected chi connectivity index (χ1v) is 5.98. The molecule has 1 aromatic heterocycles. The Balaban J connectivity index is 2.06. The Hall–Kier alpha value is -0.940. The van der Waals surface area contributed by atoms with E-state index in [1.807, 2.05) is 18.5 Å². The lowest BCUT2D eigenvalue weighted by Crippen LogP contribution is -2.32. The molecule has 1 aliphatic heterocycles. The Bertz CT molecular complexity index is 338. The second-order valence-electron chi connectivity index (χ2n) is 4.52. The van der Waals surface area contributed by atoms with E-state index in [1.165, 1.54) is 6.42 Å². The standard InChI is InChI=1S/C11H20N4O/c1-3-9(16)7-15-6-4-5-10(15)11-13-12-8-14(11)2/h8-10,16H,3-7H2,1-2H3. The summed E-state index contributed by atoms with van der Waals surface area (Å²) >= 11 is 0. The molecule has 1 saturated heterocycles. The topological polar surface area (TPSA) is 54.2 Å². The van der Waals surface area contributed by atoms with Crippen LogP contribution in [0.5, 0.6) is 0 Å². The lowest BCUT2D eigenvalue weighted by molar-refractivity contribution is 0.100. The van der Waals surface area contributed by atoms with Gasteiger partial charge in [0.2, 0.25) is 0 Å². The summed E-state index contributed by atoms with van der Waals surface area (Å²) in [5.74, 6) is 1.01. The quantitative estimate of drug-likeness (QED) is 0.819. The van der Waals surface area contributed by atoms with E-state index >= 15 is 0 Å². The first-order chi connectivity index (χ1) is 7.72. The zero-order valence-corrected chi connectivity index (χ0v) is 10.0. The summed E-state index contributed by atoms with van der Waals surface area (Å²) in [5.41, 5.74) is 0. The van der Waals surface area contributed by atoms with E-state index in [2.05, 4.69) is 15.1 Å². The monoisotopic (exact) mass is 224 g/mol. The van der Waals surface area contributed by atoms with Gasteiger partial charge in [0.1, 0.15) is 12.2 Å². The molecular weight excluding hydrogens is 204 g/mol. The first-order valence-electron chi connectivity index (χ1n) is 5.98. The number of aliphatic hydroxyl groups is 1. The largest absolute Gasteiger partial charge is 0.392 e. The van der Waals surface area contributed by atoms with Crippen LogP contribution < -0.4 is 0 Å². The van der Waals surface area contributed by atoms with Crippen LogP contribution in [0.4, 0.5) is 0 Å². The van der Waals surface area contributed by atoms with E-state index in [9.17, 15) is 5.11 Å². The average molecular weight is 224 g/mol. The molecular formula is C11H20N4O. The summed E-state index contributed by atoms with van der Waals surface area (Å²) in [7, 11) is 1.97. The van der Waals surface area contributed by atoms with Crippen LogP contribution in [0.2, 0.25) is 0 Å². The van der Waals surface area contributed by atoms with Gasteiger partial charge < -0.3 is 9.67 Å². The third-order valence-electron chi connectivity index (χ3n) is 3.32. The van der Waals surface area contributed by atoms with Gasteiger partial charge in [-0.25, -0.2) is 0 Å². The van der Waals surface area contributed by atoms with Crippen LogP contribution in [-0.4, -0.2) is 44.0 Å². The second-order valence-corrected chi connectivity index (χ2v) is 4.52. The van der Waals surface area contributed by atoms with Crippen LogP contribution in [0.25, 0.3) is 0 Å². The van der Waals surface area contributed by atoms with E-state index in [4.69, 9.17) is 0 Å². The molecule has 0 aromatic carbocycles. The van der Waals surface area contributed by atoms with E-state index in [-0.39, 0.29) is 6.10 Å². The maximum Gasteiger partial charge on any atom is 0.149 e. The number of β-amino-alcohol motifs (C(OH)–C–C–N with tert-alkyl or cyclic N) is 1. The Labute approximate surface area is 96.1 Å². The number of likely N-dealkylation sites (tertiary alicyclic amines) is 1. The van der Waals surface area contributed by atoms with Crippen LogP contribution >= 0.6 is 0 Å². The molecule has 1 aromatic rings. The van der Waals surface area contributed by atoms with E-state index in [0.29, 0.717) is 6.04 Å².